The van der Waals surface area contributed by atoms with Gasteiger partial charge in [-0.3, -0.25) is 0 Å². The van der Waals surface area contributed by atoms with E-state index in [4.69, 9.17) is 5.11 Å². The molecule has 2 N–H and O–H groups in total. The van der Waals surface area contributed by atoms with Crippen molar-refractivity contribution in [1.82, 2.24) is 0 Å². The largest absolute Gasteiger partial charge is 0.478 e. The van der Waals surface area contributed by atoms with Crippen LogP contribution in [-0.4, -0.2) is 28.6 Å². The predicted molar refractivity (Wildman–Crippen MR) is 70.5 cm³/mol. The Morgan fingerprint density at radius 2 is 2.31 bits per heavy atom. The molecule has 0 aliphatic carbocycles. The summed E-state index contributed by atoms with van der Waals surface area (Å²) in [6.07, 6.45) is 1.14. The fraction of sp³-hybridized carbons (Fsp3) is 0.364. The molecule has 1 aromatic rings. The van der Waals surface area contributed by atoms with Crippen molar-refractivity contribution in [3.63, 3.8) is 0 Å². The van der Waals surface area contributed by atoms with Crippen LogP contribution < -0.4 is 5.32 Å². The van der Waals surface area contributed by atoms with E-state index in [0.29, 0.717) is 11.6 Å². The first-order valence-electron chi connectivity index (χ1n) is 5.03. The van der Waals surface area contributed by atoms with Crippen molar-refractivity contribution in [3.8, 4) is 0 Å². The molecule has 0 amide bonds. The van der Waals surface area contributed by atoms with Gasteiger partial charge in [0.2, 0.25) is 0 Å². The number of carboxylic acids is 1. The van der Waals surface area contributed by atoms with Crippen LogP contribution in [0.5, 0.6) is 0 Å². The molecule has 0 aromatic heterocycles. The van der Waals surface area contributed by atoms with Gasteiger partial charge in [-0.15, -0.1) is 0 Å². The van der Waals surface area contributed by atoms with Crippen LogP contribution in [0.2, 0.25) is 0 Å². The molecule has 1 unspecified atom stereocenters. The molecule has 0 spiro atoms. The molecule has 0 saturated carbocycles. The number of hydrogen-bond donors (Lipinski definition) is 2. The summed E-state index contributed by atoms with van der Waals surface area (Å²) in [6.45, 7) is 0. The van der Waals surface area contributed by atoms with Crippen molar-refractivity contribution >= 4 is 39.3 Å². The van der Waals surface area contributed by atoms with Crippen molar-refractivity contribution in [1.29, 1.82) is 0 Å². The summed E-state index contributed by atoms with van der Waals surface area (Å²) in [6, 6.07) is 5.66. The van der Waals surface area contributed by atoms with E-state index in [0.717, 1.165) is 22.3 Å². The Morgan fingerprint density at radius 3 is 2.94 bits per heavy atom. The third kappa shape index (κ3) is 2.92. The Hall–Kier alpha value is -0.680. The molecule has 16 heavy (non-hydrogen) atoms. The number of anilines is 1. The molecule has 1 fully saturated rings. The third-order valence-corrected chi connectivity index (χ3v) is 4.07. The molecule has 1 atom stereocenters. The number of benzene rings is 1. The molecular weight excluding hydrogens is 290 g/mol. The number of thioether (sulfide) groups is 1. The van der Waals surface area contributed by atoms with E-state index in [-0.39, 0.29) is 0 Å². The SMILES string of the molecule is O=C(O)c1cc(Br)cc(NC2CCSC2)c1. The summed E-state index contributed by atoms with van der Waals surface area (Å²) in [4.78, 5) is 10.9. The average molecular weight is 302 g/mol. The van der Waals surface area contributed by atoms with Gasteiger partial charge in [0, 0.05) is 22.0 Å². The number of hydrogen-bond acceptors (Lipinski definition) is 3. The molecular formula is C11H12BrNO2S. The molecule has 1 saturated heterocycles. The number of nitrogens with one attached hydrogen (secondary N) is 1. The van der Waals surface area contributed by atoms with Crippen LogP contribution in [0.15, 0.2) is 22.7 Å². The van der Waals surface area contributed by atoms with Gasteiger partial charge < -0.3 is 10.4 Å². The zero-order valence-electron chi connectivity index (χ0n) is 8.57. The summed E-state index contributed by atoms with van der Waals surface area (Å²) >= 11 is 5.25. The van der Waals surface area contributed by atoms with Crippen LogP contribution in [-0.2, 0) is 0 Å². The zero-order valence-corrected chi connectivity index (χ0v) is 11.0. The highest BCUT2D eigenvalue weighted by molar-refractivity contribution is 9.10. The topological polar surface area (TPSA) is 49.3 Å². The number of aromatic carboxylic acids is 1. The van der Waals surface area contributed by atoms with Gasteiger partial charge >= 0.3 is 5.97 Å². The lowest BCUT2D eigenvalue weighted by molar-refractivity contribution is 0.0697. The molecule has 1 aromatic carbocycles. The van der Waals surface area contributed by atoms with Crippen LogP contribution in [0.3, 0.4) is 0 Å². The molecule has 1 aliphatic rings. The molecule has 2 rings (SSSR count). The Balaban J connectivity index is 2.16. The Labute approximate surface area is 107 Å². The highest BCUT2D eigenvalue weighted by Gasteiger charge is 2.15. The van der Waals surface area contributed by atoms with Gasteiger partial charge in [-0.05, 0) is 30.4 Å². The molecule has 0 bridgehead atoms. The Bertz CT molecular complexity index is 405. The lowest BCUT2D eigenvalue weighted by Gasteiger charge is -2.13. The molecule has 86 valence electrons. The van der Waals surface area contributed by atoms with Crippen molar-refractivity contribution < 1.29 is 9.90 Å². The van der Waals surface area contributed by atoms with E-state index >= 15 is 0 Å². The van der Waals surface area contributed by atoms with Gasteiger partial charge in [-0.25, -0.2) is 4.79 Å². The Morgan fingerprint density at radius 1 is 1.50 bits per heavy atom. The van der Waals surface area contributed by atoms with E-state index in [1.165, 1.54) is 5.75 Å². The maximum Gasteiger partial charge on any atom is 0.335 e. The zero-order chi connectivity index (χ0) is 11.5. The van der Waals surface area contributed by atoms with E-state index < -0.39 is 5.97 Å². The van der Waals surface area contributed by atoms with Crippen molar-refractivity contribution in [2.24, 2.45) is 0 Å². The fourth-order valence-electron chi connectivity index (χ4n) is 1.68. The van der Waals surface area contributed by atoms with E-state index in [2.05, 4.69) is 21.2 Å². The van der Waals surface area contributed by atoms with Gasteiger partial charge in [0.1, 0.15) is 0 Å². The third-order valence-electron chi connectivity index (χ3n) is 2.45. The summed E-state index contributed by atoms with van der Waals surface area (Å²) in [5, 5.41) is 12.3. The standard InChI is InChI=1S/C11H12BrNO2S/c12-8-3-7(11(14)15)4-10(5-8)13-9-1-2-16-6-9/h3-5,9,13H,1-2,6H2,(H,14,15). The maximum absolute atomic E-state index is 10.9. The van der Waals surface area contributed by atoms with Crippen molar-refractivity contribution in [2.45, 2.75) is 12.5 Å². The summed E-state index contributed by atoms with van der Waals surface area (Å²) in [7, 11) is 0. The summed E-state index contributed by atoms with van der Waals surface area (Å²) < 4.78 is 0.792. The quantitative estimate of drug-likeness (QED) is 0.901. The normalized spacial score (nSPS) is 19.7. The molecule has 0 radical (unpaired) electrons. The van der Waals surface area contributed by atoms with Gasteiger partial charge in [0.15, 0.2) is 0 Å². The second-order valence-corrected chi connectivity index (χ2v) is 5.80. The Kier molecular flexibility index (Phi) is 3.76. The van der Waals surface area contributed by atoms with Gasteiger partial charge in [0.05, 0.1) is 5.56 Å². The number of carboxylic acid groups (broad SMARTS) is 1. The van der Waals surface area contributed by atoms with Gasteiger partial charge in [-0.2, -0.15) is 11.8 Å². The number of rotatable bonds is 3. The number of halogens is 1. The minimum absolute atomic E-state index is 0.308. The summed E-state index contributed by atoms with van der Waals surface area (Å²) in [5.74, 6) is 1.37. The predicted octanol–water partition coefficient (Wildman–Crippen LogP) is 3.06. The highest BCUT2D eigenvalue weighted by Crippen LogP contribution is 2.24. The van der Waals surface area contributed by atoms with Crippen molar-refractivity contribution in [2.75, 3.05) is 16.8 Å². The molecule has 1 heterocycles. The minimum atomic E-state index is -0.898. The first-order valence-corrected chi connectivity index (χ1v) is 6.98. The first-order chi connectivity index (χ1) is 7.65. The summed E-state index contributed by atoms with van der Waals surface area (Å²) in [5.41, 5.74) is 1.18. The van der Waals surface area contributed by atoms with Gasteiger partial charge in [0.25, 0.3) is 0 Å². The fourth-order valence-corrected chi connectivity index (χ4v) is 3.33. The lowest BCUT2D eigenvalue weighted by Crippen LogP contribution is -2.18. The van der Waals surface area contributed by atoms with E-state index in [9.17, 15) is 4.79 Å². The number of carbonyl (C=O) groups is 1. The monoisotopic (exact) mass is 301 g/mol. The van der Waals surface area contributed by atoms with Crippen molar-refractivity contribution in [3.05, 3.63) is 28.2 Å². The molecule has 3 nitrogen and oxygen atoms in total. The van der Waals surface area contributed by atoms with E-state index in [1.807, 2.05) is 17.8 Å². The van der Waals surface area contributed by atoms with E-state index in [1.54, 1.807) is 12.1 Å². The van der Waals surface area contributed by atoms with Crippen LogP contribution >= 0.6 is 27.7 Å². The lowest BCUT2D eigenvalue weighted by atomic mass is 10.2. The minimum Gasteiger partial charge on any atom is -0.478 e. The molecule has 1 aliphatic heterocycles. The van der Waals surface area contributed by atoms with Crippen LogP contribution in [0, 0.1) is 0 Å². The smallest absolute Gasteiger partial charge is 0.335 e. The van der Waals surface area contributed by atoms with Crippen LogP contribution in [0.25, 0.3) is 0 Å². The molecule has 5 heteroatoms. The second kappa shape index (κ2) is 5.10. The maximum atomic E-state index is 10.9. The van der Waals surface area contributed by atoms with Gasteiger partial charge in [-0.1, -0.05) is 15.9 Å². The van der Waals surface area contributed by atoms with Crippen LogP contribution in [0.4, 0.5) is 5.69 Å². The van der Waals surface area contributed by atoms with Crippen LogP contribution in [0.1, 0.15) is 16.8 Å². The first kappa shape index (κ1) is 11.8. The average Bonchev–Trinajstić information content (AvgIpc) is 2.69. The second-order valence-electron chi connectivity index (χ2n) is 3.74. The highest BCUT2D eigenvalue weighted by atomic mass is 79.9.